The number of ether oxygens (including phenoxy) is 1. The number of nitrogens with zero attached hydrogens (tertiary/aromatic N) is 1. The SMILES string of the molecule is COCCNCCc1ncc(-c2ccc(F)cc2F)o1. The van der Waals surface area contributed by atoms with Crippen LogP contribution in [0.4, 0.5) is 8.78 Å². The Labute approximate surface area is 115 Å². The second-order valence-corrected chi connectivity index (χ2v) is 4.24. The molecule has 1 N–H and O–H groups in total. The molecule has 0 aliphatic carbocycles. The van der Waals surface area contributed by atoms with Crippen molar-refractivity contribution in [1.29, 1.82) is 0 Å². The van der Waals surface area contributed by atoms with Crippen molar-refractivity contribution in [3.8, 4) is 11.3 Å². The van der Waals surface area contributed by atoms with E-state index in [4.69, 9.17) is 9.15 Å². The summed E-state index contributed by atoms with van der Waals surface area (Å²) in [4.78, 5) is 4.08. The highest BCUT2D eigenvalue weighted by atomic mass is 19.1. The Bertz CT molecular complexity index is 558. The van der Waals surface area contributed by atoms with Crippen LogP contribution in [0.5, 0.6) is 0 Å². The predicted molar refractivity (Wildman–Crippen MR) is 70.3 cm³/mol. The van der Waals surface area contributed by atoms with Crippen LogP contribution in [0.15, 0.2) is 28.8 Å². The fraction of sp³-hybridized carbons (Fsp3) is 0.357. The summed E-state index contributed by atoms with van der Waals surface area (Å²) in [7, 11) is 1.64. The van der Waals surface area contributed by atoms with Crippen molar-refractivity contribution in [2.75, 3.05) is 26.8 Å². The molecule has 4 nitrogen and oxygen atoms in total. The van der Waals surface area contributed by atoms with Gasteiger partial charge in [-0.1, -0.05) is 0 Å². The van der Waals surface area contributed by atoms with Crippen LogP contribution in [0.3, 0.4) is 0 Å². The predicted octanol–water partition coefficient (Wildman–Crippen LogP) is 2.40. The van der Waals surface area contributed by atoms with Gasteiger partial charge >= 0.3 is 0 Å². The Hall–Kier alpha value is -1.79. The first-order valence-corrected chi connectivity index (χ1v) is 6.30. The smallest absolute Gasteiger partial charge is 0.196 e. The van der Waals surface area contributed by atoms with Crippen LogP contribution in [0.25, 0.3) is 11.3 Å². The summed E-state index contributed by atoms with van der Waals surface area (Å²) in [6, 6.07) is 3.35. The van der Waals surface area contributed by atoms with Crippen LogP contribution in [-0.2, 0) is 11.2 Å². The number of oxazole rings is 1. The molecule has 0 saturated carbocycles. The average Bonchev–Trinajstić information content (AvgIpc) is 2.87. The summed E-state index contributed by atoms with van der Waals surface area (Å²) in [5, 5.41) is 3.15. The molecule has 0 unspecified atom stereocenters. The lowest BCUT2D eigenvalue weighted by molar-refractivity contribution is 0.199. The van der Waals surface area contributed by atoms with Crippen LogP contribution in [0, 0.1) is 11.6 Å². The number of nitrogens with one attached hydrogen (secondary N) is 1. The van der Waals surface area contributed by atoms with E-state index in [1.54, 1.807) is 7.11 Å². The number of aromatic nitrogens is 1. The molecule has 0 spiro atoms. The van der Waals surface area contributed by atoms with Crippen LogP contribution in [0.2, 0.25) is 0 Å². The molecular formula is C14H16F2N2O2. The molecule has 108 valence electrons. The van der Waals surface area contributed by atoms with Gasteiger partial charge in [0.15, 0.2) is 11.7 Å². The number of hydrogen-bond donors (Lipinski definition) is 1. The largest absolute Gasteiger partial charge is 0.441 e. The van der Waals surface area contributed by atoms with E-state index in [1.165, 1.54) is 18.3 Å². The van der Waals surface area contributed by atoms with Crippen molar-refractivity contribution in [3.05, 3.63) is 41.9 Å². The molecule has 2 rings (SSSR count). The molecule has 1 heterocycles. The molecule has 0 fully saturated rings. The Balaban J connectivity index is 1.95. The maximum Gasteiger partial charge on any atom is 0.196 e. The lowest BCUT2D eigenvalue weighted by Gasteiger charge is -2.01. The van der Waals surface area contributed by atoms with Crippen LogP contribution < -0.4 is 5.32 Å². The van der Waals surface area contributed by atoms with Gasteiger partial charge in [-0.2, -0.15) is 0 Å². The third kappa shape index (κ3) is 3.85. The minimum Gasteiger partial charge on any atom is -0.441 e. The van der Waals surface area contributed by atoms with E-state index in [0.29, 0.717) is 31.2 Å². The highest BCUT2D eigenvalue weighted by Crippen LogP contribution is 2.24. The van der Waals surface area contributed by atoms with E-state index < -0.39 is 11.6 Å². The molecule has 0 bridgehead atoms. The van der Waals surface area contributed by atoms with Crippen molar-refractivity contribution in [2.45, 2.75) is 6.42 Å². The zero-order valence-corrected chi connectivity index (χ0v) is 11.2. The van der Waals surface area contributed by atoms with Gasteiger partial charge < -0.3 is 14.5 Å². The molecule has 0 saturated heterocycles. The topological polar surface area (TPSA) is 47.3 Å². The van der Waals surface area contributed by atoms with Gasteiger partial charge in [-0.05, 0) is 12.1 Å². The molecular weight excluding hydrogens is 266 g/mol. The molecule has 0 radical (unpaired) electrons. The summed E-state index contributed by atoms with van der Waals surface area (Å²) >= 11 is 0. The standard InChI is InChI=1S/C14H16F2N2O2/c1-19-7-6-17-5-4-14-18-9-13(20-14)11-3-2-10(15)8-12(11)16/h2-3,8-9,17H,4-7H2,1H3. The monoisotopic (exact) mass is 282 g/mol. The van der Waals surface area contributed by atoms with Crippen LogP contribution in [-0.4, -0.2) is 31.8 Å². The zero-order chi connectivity index (χ0) is 14.4. The van der Waals surface area contributed by atoms with E-state index in [-0.39, 0.29) is 5.56 Å². The molecule has 2 aromatic rings. The van der Waals surface area contributed by atoms with Gasteiger partial charge in [-0.3, -0.25) is 0 Å². The Morgan fingerprint density at radius 2 is 2.15 bits per heavy atom. The van der Waals surface area contributed by atoms with Crippen molar-refractivity contribution < 1.29 is 17.9 Å². The Morgan fingerprint density at radius 1 is 1.30 bits per heavy atom. The number of halogens is 2. The highest BCUT2D eigenvalue weighted by molar-refractivity contribution is 5.57. The quantitative estimate of drug-likeness (QED) is 0.792. The van der Waals surface area contributed by atoms with Gasteiger partial charge in [0.05, 0.1) is 18.4 Å². The molecule has 0 amide bonds. The summed E-state index contributed by atoms with van der Waals surface area (Å²) in [5.41, 5.74) is 0.206. The Kier molecular flexibility index (Phi) is 5.20. The lowest BCUT2D eigenvalue weighted by atomic mass is 10.2. The van der Waals surface area contributed by atoms with E-state index >= 15 is 0 Å². The summed E-state index contributed by atoms with van der Waals surface area (Å²) < 4.78 is 36.8. The zero-order valence-electron chi connectivity index (χ0n) is 11.2. The normalized spacial score (nSPS) is 10.9. The van der Waals surface area contributed by atoms with Gasteiger partial charge in [-0.15, -0.1) is 0 Å². The number of rotatable bonds is 7. The molecule has 1 aromatic carbocycles. The fourth-order valence-electron chi connectivity index (χ4n) is 1.73. The molecule has 0 atom stereocenters. The van der Waals surface area contributed by atoms with E-state index in [0.717, 1.165) is 12.6 Å². The van der Waals surface area contributed by atoms with Gasteiger partial charge in [-0.25, -0.2) is 13.8 Å². The highest BCUT2D eigenvalue weighted by Gasteiger charge is 2.11. The number of methoxy groups -OCH3 is 1. The molecule has 20 heavy (non-hydrogen) atoms. The van der Waals surface area contributed by atoms with Gasteiger partial charge in [0.2, 0.25) is 0 Å². The first-order chi connectivity index (χ1) is 9.70. The maximum atomic E-state index is 13.6. The molecule has 0 aliphatic rings. The lowest BCUT2D eigenvalue weighted by Crippen LogP contribution is -2.21. The molecule has 1 aromatic heterocycles. The van der Waals surface area contributed by atoms with E-state index in [2.05, 4.69) is 10.3 Å². The van der Waals surface area contributed by atoms with Crippen molar-refractivity contribution in [3.63, 3.8) is 0 Å². The minimum absolute atomic E-state index is 0.206. The van der Waals surface area contributed by atoms with E-state index in [1.807, 2.05) is 0 Å². The second kappa shape index (κ2) is 7.12. The summed E-state index contributed by atoms with van der Waals surface area (Å²) in [5.74, 6) is -0.470. The average molecular weight is 282 g/mol. The first kappa shape index (κ1) is 14.6. The van der Waals surface area contributed by atoms with Gasteiger partial charge in [0.25, 0.3) is 0 Å². The van der Waals surface area contributed by atoms with Crippen LogP contribution in [0.1, 0.15) is 5.89 Å². The second-order valence-electron chi connectivity index (χ2n) is 4.24. The number of benzene rings is 1. The Morgan fingerprint density at radius 3 is 2.90 bits per heavy atom. The summed E-state index contributed by atoms with van der Waals surface area (Å²) in [6.45, 7) is 2.07. The first-order valence-electron chi connectivity index (χ1n) is 6.30. The molecule has 0 aliphatic heterocycles. The third-order valence-corrected chi connectivity index (χ3v) is 2.75. The van der Waals surface area contributed by atoms with Gasteiger partial charge in [0.1, 0.15) is 11.6 Å². The van der Waals surface area contributed by atoms with Gasteiger partial charge in [0, 0.05) is 32.7 Å². The third-order valence-electron chi connectivity index (χ3n) is 2.75. The van der Waals surface area contributed by atoms with E-state index in [9.17, 15) is 8.78 Å². The fourth-order valence-corrected chi connectivity index (χ4v) is 1.73. The van der Waals surface area contributed by atoms with Crippen molar-refractivity contribution in [1.82, 2.24) is 10.3 Å². The van der Waals surface area contributed by atoms with Crippen molar-refractivity contribution in [2.24, 2.45) is 0 Å². The van der Waals surface area contributed by atoms with Crippen molar-refractivity contribution >= 4 is 0 Å². The maximum absolute atomic E-state index is 13.6. The molecule has 6 heteroatoms. The minimum atomic E-state index is -0.661. The summed E-state index contributed by atoms with van der Waals surface area (Å²) in [6.07, 6.45) is 2.04. The van der Waals surface area contributed by atoms with Crippen LogP contribution >= 0.6 is 0 Å². The number of hydrogen-bond acceptors (Lipinski definition) is 4.